The van der Waals surface area contributed by atoms with Gasteiger partial charge < -0.3 is 15.4 Å². The lowest BCUT2D eigenvalue weighted by atomic mass is 9.91. The Balaban J connectivity index is 1.40. The summed E-state index contributed by atoms with van der Waals surface area (Å²) in [6.07, 6.45) is 2.60. The summed E-state index contributed by atoms with van der Waals surface area (Å²) in [4.78, 5) is 43.5. The number of anilines is 1. The number of amides is 2. The van der Waals surface area contributed by atoms with E-state index in [2.05, 4.69) is 15.6 Å². The van der Waals surface area contributed by atoms with E-state index in [4.69, 9.17) is 51.1 Å². The number of nitrogens with zero attached hydrogens (tertiary/aromatic N) is 2. The molecule has 1 aliphatic rings. The van der Waals surface area contributed by atoms with Crippen LogP contribution in [-0.4, -0.2) is 48.6 Å². The van der Waals surface area contributed by atoms with Crippen LogP contribution in [0, 0.1) is 0 Å². The molecule has 0 aliphatic carbocycles. The first-order chi connectivity index (χ1) is 22.2. The second-order valence-electron chi connectivity index (χ2n) is 10.7. The molecular weight excluding hydrogens is 710 g/mol. The third-order valence-electron chi connectivity index (χ3n) is 7.74. The molecule has 5 rings (SSSR count). The summed E-state index contributed by atoms with van der Waals surface area (Å²) >= 11 is 24.4. The second kappa shape index (κ2) is 13.8. The van der Waals surface area contributed by atoms with E-state index in [1.807, 2.05) is 0 Å². The van der Waals surface area contributed by atoms with Crippen molar-refractivity contribution in [1.82, 2.24) is 14.6 Å². The molecule has 1 aliphatic heterocycles. The van der Waals surface area contributed by atoms with Crippen LogP contribution in [0.15, 0.2) is 84.0 Å². The van der Waals surface area contributed by atoms with Gasteiger partial charge in [0.05, 0.1) is 27.6 Å². The largest absolute Gasteiger partial charge is 0.467 e. The highest BCUT2D eigenvalue weighted by Gasteiger charge is 2.53. The average molecular weight is 736 g/mol. The minimum Gasteiger partial charge on any atom is -0.467 e. The normalized spacial score (nSPS) is 16.6. The van der Waals surface area contributed by atoms with Crippen LogP contribution in [0.1, 0.15) is 34.0 Å². The lowest BCUT2D eigenvalue weighted by Crippen LogP contribution is -2.56. The van der Waals surface area contributed by atoms with Crippen molar-refractivity contribution in [2.45, 2.75) is 36.4 Å². The predicted octanol–water partition coefficient (Wildman–Crippen LogP) is 6.27. The van der Waals surface area contributed by atoms with E-state index in [0.717, 1.165) is 4.31 Å². The Morgan fingerprint density at radius 3 is 2.19 bits per heavy atom. The molecule has 2 amide bonds. The number of methoxy groups -OCH3 is 1. The number of ether oxygens (including phenoxy) is 1. The first-order valence-corrected chi connectivity index (χ1v) is 16.9. The van der Waals surface area contributed by atoms with Gasteiger partial charge in [0.1, 0.15) is 11.6 Å². The van der Waals surface area contributed by atoms with Gasteiger partial charge in [-0.3, -0.25) is 14.6 Å². The molecule has 1 unspecified atom stereocenters. The number of esters is 1. The van der Waals surface area contributed by atoms with Crippen LogP contribution in [0.25, 0.3) is 0 Å². The molecule has 0 bridgehead atoms. The molecule has 0 spiro atoms. The molecule has 10 nitrogen and oxygen atoms in total. The van der Waals surface area contributed by atoms with Crippen LogP contribution in [0.3, 0.4) is 0 Å². The molecule has 4 aromatic rings. The number of carbonyl (C=O) groups is 3. The van der Waals surface area contributed by atoms with Crippen LogP contribution in [-0.2, 0) is 42.9 Å². The molecule has 0 saturated carbocycles. The Hall–Kier alpha value is -3.71. The molecule has 2 heterocycles. The zero-order valence-corrected chi connectivity index (χ0v) is 28.6. The third kappa shape index (κ3) is 6.96. The third-order valence-corrected chi connectivity index (χ3v) is 10.7. The lowest BCUT2D eigenvalue weighted by molar-refractivity contribution is -0.146. The smallest absolute Gasteiger partial charge is 0.328 e. The van der Waals surface area contributed by atoms with Crippen molar-refractivity contribution >= 4 is 79.9 Å². The maximum atomic E-state index is 14.2. The summed E-state index contributed by atoms with van der Waals surface area (Å²) in [5.74, 6) is -2.03. The van der Waals surface area contributed by atoms with E-state index in [1.165, 1.54) is 44.6 Å². The van der Waals surface area contributed by atoms with Crippen molar-refractivity contribution in [3.8, 4) is 0 Å². The van der Waals surface area contributed by atoms with Gasteiger partial charge in [-0.2, -0.15) is 4.31 Å². The minimum atomic E-state index is -4.33. The van der Waals surface area contributed by atoms with Crippen LogP contribution in [0.2, 0.25) is 20.1 Å². The number of pyridine rings is 1. The number of sulfonamides is 1. The van der Waals surface area contributed by atoms with Crippen LogP contribution in [0.5, 0.6) is 0 Å². The number of fused-ring (bicyclic) bond motifs is 1. The molecule has 244 valence electrons. The number of nitrogens with one attached hydrogen (secondary N) is 2. The Morgan fingerprint density at radius 1 is 0.957 bits per heavy atom. The number of aromatic nitrogens is 1. The Bertz CT molecular complexity index is 1950. The average Bonchev–Trinajstić information content (AvgIpc) is 3.35. The maximum Gasteiger partial charge on any atom is 0.328 e. The Kier molecular flexibility index (Phi) is 10.2. The maximum absolute atomic E-state index is 14.2. The number of halogens is 4. The zero-order chi connectivity index (χ0) is 34.1. The monoisotopic (exact) mass is 734 g/mol. The van der Waals surface area contributed by atoms with Gasteiger partial charge in [-0.05, 0) is 53.9 Å². The van der Waals surface area contributed by atoms with E-state index in [0.29, 0.717) is 22.4 Å². The van der Waals surface area contributed by atoms with Crippen LogP contribution >= 0.6 is 46.4 Å². The van der Waals surface area contributed by atoms with Crippen molar-refractivity contribution < 1.29 is 27.5 Å². The molecule has 0 radical (unpaired) electrons. The first-order valence-electron chi connectivity index (χ1n) is 13.9. The van der Waals surface area contributed by atoms with Crippen molar-refractivity contribution in [2.75, 3.05) is 12.4 Å². The van der Waals surface area contributed by atoms with Gasteiger partial charge in [0.25, 0.3) is 5.91 Å². The zero-order valence-electron chi connectivity index (χ0n) is 24.8. The highest BCUT2D eigenvalue weighted by atomic mass is 35.5. The van der Waals surface area contributed by atoms with Gasteiger partial charge >= 0.3 is 5.97 Å². The van der Waals surface area contributed by atoms with Gasteiger partial charge in [-0.1, -0.05) is 82.8 Å². The lowest BCUT2D eigenvalue weighted by Gasteiger charge is -2.35. The second-order valence-corrected chi connectivity index (χ2v) is 14.3. The van der Waals surface area contributed by atoms with E-state index in [1.54, 1.807) is 48.5 Å². The molecule has 2 N–H and O–H groups in total. The summed E-state index contributed by atoms with van der Waals surface area (Å²) in [5, 5.41) is 5.82. The minimum absolute atomic E-state index is 0.0109. The number of hydrogen-bond donors (Lipinski definition) is 2. The molecule has 3 aromatic carbocycles. The number of hydrogen-bond acceptors (Lipinski definition) is 7. The van der Waals surface area contributed by atoms with Crippen molar-refractivity contribution in [1.29, 1.82) is 0 Å². The van der Waals surface area contributed by atoms with Gasteiger partial charge in [-0.25, -0.2) is 13.2 Å². The molecular formula is C32H26Cl4N4O6S. The van der Waals surface area contributed by atoms with Crippen LogP contribution in [0.4, 0.5) is 5.69 Å². The summed E-state index contributed by atoms with van der Waals surface area (Å²) in [7, 11) is -3.15. The fourth-order valence-corrected chi connectivity index (χ4v) is 8.33. The molecule has 1 aromatic heterocycles. The number of carbonyl (C=O) groups excluding carboxylic acids is 3. The predicted molar refractivity (Wildman–Crippen MR) is 179 cm³/mol. The SMILES string of the molecule is COC(=O)[C@H](Cc1ccc(NC(=O)c2c(Cl)cncc2Cl)cc1)NC(=O)C1(C)c2ccccc2CN1S(=O)(=O)c1cc(Cl)cc(Cl)c1. The van der Waals surface area contributed by atoms with E-state index in [-0.39, 0.29) is 43.5 Å². The van der Waals surface area contributed by atoms with Crippen molar-refractivity contribution in [3.05, 3.63) is 121 Å². The summed E-state index contributed by atoms with van der Waals surface area (Å²) < 4.78 is 34.1. The first kappa shape index (κ1) is 34.6. The van der Waals surface area contributed by atoms with E-state index >= 15 is 0 Å². The highest BCUT2D eigenvalue weighted by Crippen LogP contribution is 2.43. The quantitative estimate of drug-likeness (QED) is 0.194. The highest BCUT2D eigenvalue weighted by molar-refractivity contribution is 7.89. The van der Waals surface area contributed by atoms with Crippen LogP contribution < -0.4 is 10.6 Å². The molecule has 0 fully saturated rings. The van der Waals surface area contributed by atoms with Gasteiger partial charge in [0.2, 0.25) is 15.9 Å². The van der Waals surface area contributed by atoms with Crippen molar-refractivity contribution in [2.24, 2.45) is 0 Å². The van der Waals surface area contributed by atoms with Gasteiger partial charge in [0.15, 0.2) is 0 Å². The standard InChI is InChI=1S/C32H26Cl4N4O6S/c1-32(24-6-4-3-5-19(24)17-40(32)47(44,45)23-13-20(33)12-21(34)14-23)31(43)39-27(30(42)46-2)11-18-7-9-22(10-8-18)38-29(41)28-25(35)15-37-16-26(28)36/h3-10,12-16,27H,11,17H2,1-2H3,(H,38,41)(H,39,43)/t27-,32?/m0/s1. The molecule has 15 heteroatoms. The molecule has 2 atom stereocenters. The van der Waals surface area contributed by atoms with Gasteiger partial charge in [-0.15, -0.1) is 0 Å². The molecule has 0 saturated heterocycles. The molecule has 47 heavy (non-hydrogen) atoms. The Labute approximate surface area is 291 Å². The Morgan fingerprint density at radius 2 is 1.57 bits per heavy atom. The number of benzene rings is 3. The summed E-state index contributed by atoms with van der Waals surface area (Å²) in [5.41, 5.74) is 0.389. The number of rotatable bonds is 9. The van der Waals surface area contributed by atoms with E-state index in [9.17, 15) is 22.8 Å². The fourth-order valence-electron chi connectivity index (χ4n) is 5.36. The fraction of sp³-hybridized carbons (Fsp3) is 0.188. The topological polar surface area (TPSA) is 135 Å². The summed E-state index contributed by atoms with van der Waals surface area (Å²) in [6, 6.07) is 16.1. The van der Waals surface area contributed by atoms with E-state index < -0.39 is 39.4 Å². The van der Waals surface area contributed by atoms with Gasteiger partial charge in [0, 0.05) is 41.1 Å². The van der Waals surface area contributed by atoms with Crippen molar-refractivity contribution in [3.63, 3.8) is 0 Å². The summed E-state index contributed by atoms with van der Waals surface area (Å²) in [6.45, 7) is 1.36.